The first-order valence-electron chi connectivity index (χ1n) is 5.99. The summed E-state index contributed by atoms with van der Waals surface area (Å²) in [6.07, 6.45) is 1.11. The fourth-order valence-corrected chi connectivity index (χ4v) is 2.43. The van der Waals surface area contributed by atoms with E-state index in [0.29, 0.717) is 0 Å². The maximum Gasteiger partial charge on any atom is 0.335 e. The molecule has 0 aliphatic carbocycles. The maximum absolute atomic E-state index is 10.9. The summed E-state index contributed by atoms with van der Waals surface area (Å²) in [5, 5.41) is 8.95. The first-order valence-corrected chi connectivity index (χ1v) is 5.99. The van der Waals surface area contributed by atoms with Crippen LogP contribution in [0.2, 0.25) is 0 Å². The van der Waals surface area contributed by atoms with Crippen LogP contribution in [0.25, 0.3) is 11.0 Å². The van der Waals surface area contributed by atoms with Crippen molar-refractivity contribution < 1.29 is 14.6 Å². The Labute approximate surface area is 104 Å². The zero-order valence-electron chi connectivity index (χ0n) is 10.0. The van der Waals surface area contributed by atoms with E-state index in [4.69, 9.17) is 9.84 Å². The molecular formula is C13H14N2O3. The van der Waals surface area contributed by atoms with Crippen molar-refractivity contribution in [3.05, 3.63) is 29.6 Å². The quantitative estimate of drug-likeness (QED) is 0.851. The Bertz CT molecular complexity index is 605. The van der Waals surface area contributed by atoms with Gasteiger partial charge >= 0.3 is 5.97 Å². The summed E-state index contributed by atoms with van der Waals surface area (Å²) < 4.78 is 5.52. The van der Waals surface area contributed by atoms with Gasteiger partial charge in [-0.2, -0.15) is 0 Å². The van der Waals surface area contributed by atoms with Gasteiger partial charge in [-0.1, -0.05) is 0 Å². The molecular weight excluding hydrogens is 232 g/mol. The Morgan fingerprint density at radius 1 is 1.56 bits per heavy atom. The van der Waals surface area contributed by atoms with E-state index in [1.165, 1.54) is 0 Å². The summed E-state index contributed by atoms with van der Waals surface area (Å²) in [6.45, 7) is 2.79. The molecule has 18 heavy (non-hydrogen) atoms. The monoisotopic (exact) mass is 246 g/mol. The SMILES string of the molecule is CC1OCCC1c1nc2ccc(C(=O)O)cc2[nH]1. The van der Waals surface area contributed by atoms with Crippen molar-refractivity contribution in [1.29, 1.82) is 0 Å². The predicted molar refractivity (Wildman–Crippen MR) is 65.8 cm³/mol. The van der Waals surface area contributed by atoms with Crippen molar-refractivity contribution in [1.82, 2.24) is 9.97 Å². The van der Waals surface area contributed by atoms with Crippen LogP contribution >= 0.6 is 0 Å². The zero-order valence-corrected chi connectivity index (χ0v) is 10.0. The van der Waals surface area contributed by atoms with E-state index in [1.807, 2.05) is 6.92 Å². The van der Waals surface area contributed by atoms with Crippen LogP contribution in [0.5, 0.6) is 0 Å². The zero-order chi connectivity index (χ0) is 12.7. The number of aromatic amines is 1. The molecule has 2 unspecified atom stereocenters. The molecule has 5 heteroatoms. The molecule has 0 saturated carbocycles. The number of fused-ring (bicyclic) bond motifs is 1. The molecule has 1 aromatic carbocycles. The normalized spacial score (nSPS) is 23.6. The van der Waals surface area contributed by atoms with E-state index < -0.39 is 5.97 Å². The van der Waals surface area contributed by atoms with Gasteiger partial charge in [0.05, 0.1) is 22.7 Å². The van der Waals surface area contributed by atoms with Gasteiger partial charge in [-0.05, 0) is 31.5 Å². The summed E-state index contributed by atoms with van der Waals surface area (Å²) in [6, 6.07) is 4.93. The molecule has 1 aliphatic heterocycles. The van der Waals surface area contributed by atoms with Gasteiger partial charge in [0.25, 0.3) is 0 Å². The molecule has 0 amide bonds. The topological polar surface area (TPSA) is 75.2 Å². The number of ether oxygens (including phenoxy) is 1. The lowest BCUT2D eigenvalue weighted by Gasteiger charge is -2.09. The minimum Gasteiger partial charge on any atom is -0.478 e. The second kappa shape index (κ2) is 4.10. The smallest absolute Gasteiger partial charge is 0.335 e. The van der Waals surface area contributed by atoms with Crippen LogP contribution in [-0.2, 0) is 4.74 Å². The number of H-pyrrole nitrogens is 1. The summed E-state index contributed by atoms with van der Waals surface area (Å²) in [7, 11) is 0. The first kappa shape index (κ1) is 11.2. The van der Waals surface area contributed by atoms with Crippen LogP contribution in [-0.4, -0.2) is 33.8 Å². The molecule has 0 bridgehead atoms. The lowest BCUT2D eigenvalue weighted by atomic mass is 10.0. The Hall–Kier alpha value is -1.88. The van der Waals surface area contributed by atoms with Crippen molar-refractivity contribution >= 4 is 17.0 Å². The van der Waals surface area contributed by atoms with Gasteiger partial charge in [-0.25, -0.2) is 9.78 Å². The molecule has 0 spiro atoms. The number of rotatable bonds is 2. The van der Waals surface area contributed by atoms with Crippen molar-refractivity contribution in [2.24, 2.45) is 0 Å². The van der Waals surface area contributed by atoms with Gasteiger partial charge in [-0.15, -0.1) is 0 Å². The van der Waals surface area contributed by atoms with Crippen LogP contribution in [0.1, 0.15) is 35.4 Å². The lowest BCUT2D eigenvalue weighted by molar-refractivity contribution is 0.0697. The molecule has 5 nitrogen and oxygen atoms in total. The molecule has 2 N–H and O–H groups in total. The molecule has 2 heterocycles. The third-order valence-electron chi connectivity index (χ3n) is 3.47. The average molecular weight is 246 g/mol. The minimum absolute atomic E-state index is 0.157. The molecule has 1 aliphatic rings. The van der Waals surface area contributed by atoms with Gasteiger partial charge in [0, 0.05) is 12.5 Å². The molecule has 2 atom stereocenters. The van der Waals surface area contributed by atoms with Crippen molar-refractivity contribution in [2.45, 2.75) is 25.4 Å². The van der Waals surface area contributed by atoms with E-state index in [-0.39, 0.29) is 17.6 Å². The molecule has 3 rings (SSSR count). The summed E-state index contributed by atoms with van der Waals surface area (Å²) in [4.78, 5) is 18.6. The molecule has 1 fully saturated rings. The number of nitrogens with one attached hydrogen (secondary N) is 1. The van der Waals surface area contributed by atoms with E-state index in [0.717, 1.165) is 29.9 Å². The number of carbonyl (C=O) groups is 1. The summed E-state index contributed by atoms with van der Waals surface area (Å²) in [5.74, 6) is 0.230. The maximum atomic E-state index is 10.9. The van der Waals surface area contributed by atoms with E-state index in [1.54, 1.807) is 18.2 Å². The number of aromatic nitrogens is 2. The Morgan fingerprint density at radius 2 is 2.39 bits per heavy atom. The van der Waals surface area contributed by atoms with E-state index in [2.05, 4.69) is 9.97 Å². The molecule has 1 saturated heterocycles. The van der Waals surface area contributed by atoms with Crippen molar-refractivity contribution in [3.63, 3.8) is 0 Å². The predicted octanol–water partition coefficient (Wildman–Crippen LogP) is 2.15. The summed E-state index contributed by atoms with van der Waals surface area (Å²) in [5.41, 5.74) is 1.84. The van der Waals surface area contributed by atoms with Crippen LogP contribution in [0.4, 0.5) is 0 Å². The highest BCUT2D eigenvalue weighted by Crippen LogP contribution is 2.30. The number of hydrogen-bond donors (Lipinski definition) is 2. The fourth-order valence-electron chi connectivity index (χ4n) is 2.43. The average Bonchev–Trinajstić information content (AvgIpc) is 2.92. The second-order valence-corrected chi connectivity index (χ2v) is 4.63. The van der Waals surface area contributed by atoms with Crippen LogP contribution < -0.4 is 0 Å². The van der Waals surface area contributed by atoms with Crippen molar-refractivity contribution in [2.75, 3.05) is 6.61 Å². The van der Waals surface area contributed by atoms with Gasteiger partial charge in [0.2, 0.25) is 0 Å². The standard InChI is InChI=1S/C13H14N2O3/c1-7-9(4-5-18-7)12-14-10-3-2-8(13(16)17)6-11(10)15-12/h2-3,6-7,9H,4-5H2,1H3,(H,14,15)(H,16,17). The van der Waals surface area contributed by atoms with Gasteiger partial charge in [0.15, 0.2) is 0 Å². The number of benzene rings is 1. The number of carboxylic acids is 1. The fraction of sp³-hybridized carbons (Fsp3) is 0.385. The molecule has 0 radical (unpaired) electrons. The number of imidazole rings is 1. The third-order valence-corrected chi connectivity index (χ3v) is 3.47. The van der Waals surface area contributed by atoms with Crippen LogP contribution in [0.15, 0.2) is 18.2 Å². The highest BCUT2D eigenvalue weighted by molar-refractivity contribution is 5.92. The van der Waals surface area contributed by atoms with Crippen LogP contribution in [0, 0.1) is 0 Å². The Kier molecular flexibility index (Phi) is 2.56. The third kappa shape index (κ3) is 1.76. The lowest BCUT2D eigenvalue weighted by Crippen LogP contribution is -2.10. The van der Waals surface area contributed by atoms with Crippen LogP contribution in [0.3, 0.4) is 0 Å². The number of hydrogen-bond acceptors (Lipinski definition) is 3. The first-order chi connectivity index (χ1) is 8.65. The largest absolute Gasteiger partial charge is 0.478 e. The summed E-state index contributed by atoms with van der Waals surface area (Å²) >= 11 is 0. The molecule has 1 aromatic heterocycles. The Balaban J connectivity index is 2.02. The molecule has 94 valence electrons. The van der Waals surface area contributed by atoms with Gasteiger partial charge < -0.3 is 14.8 Å². The highest BCUT2D eigenvalue weighted by Gasteiger charge is 2.28. The van der Waals surface area contributed by atoms with E-state index in [9.17, 15) is 4.79 Å². The highest BCUT2D eigenvalue weighted by atomic mass is 16.5. The van der Waals surface area contributed by atoms with E-state index >= 15 is 0 Å². The van der Waals surface area contributed by atoms with Gasteiger partial charge in [0.1, 0.15) is 5.82 Å². The number of aromatic carboxylic acids is 1. The Morgan fingerprint density at radius 3 is 3.06 bits per heavy atom. The van der Waals surface area contributed by atoms with Gasteiger partial charge in [-0.3, -0.25) is 0 Å². The second-order valence-electron chi connectivity index (χ2n) is 4.63. The number of carboxylic acid groups (broad SMARTS) is 1. The number of nitrogens with zero attached hydrogens (tertiary/aromatic N) is 1. The van der Waals surface area contributed by atoms with Crippen molar-refractivity contribution in [3.8, 4) is 0 Å². The molecule has 2 aromatic rings. The minimum atomic E-state index is -0.925.